The topological polar surface area (TPSA) is 108 Å². The van der Waals surface area contributed by atoms with Crippen molar-refractivity contribution in [2.75, 3.05) is 19.4 Å². The number of rotatable bonds is 11. The smallest absolute Gasteiger partial charge is 0.407 e. The van der Waals surface area contributed by atoms with E-state index in [1.807, 2.05) is 66.7 Å². The Morgan fingerprint density at radius 2 is 1.45 bits per heavy atom. The number of esters is 1. The zero-order valence-corrected chi connectivity index (χ0v) is 23.9. The van der Waals surface area contributed by atoms with Crippen molar-refractivity contribution in [3.05, 3.63) is 125 Å². The molecule has 42 heavy (non-hydrogen) atoms. The lowest BCUT2D eigenvalue weighted by Crippen LogP contribution is -2.31. The monoisotopic (exact) mass is 585 g/mol. The summed E-state index contributed by atoms with van der Waals surface area (Å²) in [5, 5.41) is 2.77. The fourth-order valence-electron chi connectivity index (χ4n) is 5.16. The van der Waals surface area contributed by atoms with Gasteiger partial charge >= 0.3 is 22.2 Å². The minimum atomic E-state index is -3.75. The summed E-state index contributed by atoms with van der Waals surface area (Å²) in [5.41, 5.74) is 5.93. The summed E-state index contributed by atoms with van der Waals surface area (Å²) in [6.45, 7) is 0.324. The number of nitrogens with one attached hydrogen (secondary N) is 1. The number of carbonyl (C=O) groups is 2. The molecule has 1 aliphatic rings. The summed E-state index contributed by atoms with van der Waals surface area (Å²) in [6.07, 6.45) is 0.276. The standard InChI is InChI=1S/C33H31NO7S/c1-42(37,38)41-26-13-9-12-24(18-26)25(19-32(35)39-21-23-10-3-2-4-11-23)20-34-33(36)40-22-31-29-16-7-5-14-27(29)28-15-6-8-17-30(28)31/h2-18,25,31H,19-22H2,1H3,(H,34,36). The maximum Gasteiger partial charge on any atom is 0.407 e. The van der Waals surface area contributed by atoms with Crippen LogP contribution in [0.15, 0.2) is 103 Å². The molecule has 1 aliphatic carbocycles. The minimum absolute atomic E-state index is 0.0550. The first kappa shape index (κ1) is 28.9. The zero-order chi connectivity index (χ0) is 29.5. The summed E-state index contributed by atoms with van der Waals surface area (Å²) < 4.78 is 39.5. The second kappa shape index (κ2) is 12.9. The van der Waals surface area contributed by atoms with E-state index in [1.54, 1.807) is 12.1 Å². The van der Waals surface area contributed by atoms with Crippen molar-refractivity contribution in [3.8, 4) is 16.9 Å². The van der Waals surface area contributed by atoms with E-state index in [0.29, 0.717) is 5.56 Å². The Kier molecular flexibility index (Phi) is 8.88. The number of benzene rings is 4. The fraction of sp³-hybridized carbons (Fsp3) is 0.212. The molecule has 0 fully saturated rings. The Morgan fingerprint density at radius 3 is 2.12 bits per heavy atom. The highest BCUT2D eigenvalue weighted by atomic mass is 32.2. The van der Waals surface area contributed by atoms with Crippen LogP contribution in [0.5, 0.6) is 5.75 Å². The molecule has 8 nitrogen and oxygen atoms in total. The van der Waals surface area contributed by atoms with Gasteiger partial charge in [-0.25, -0.2) is 4.79 Å². The van der Waals surface area contributed by atoms with Gasteiger partial charge in [0.05, 0.1) is 12.7 Å². The van der Waals surface area contributed by atoms with Gasteiger partial charge in [-0.2, -0.15) is 8.42 Å². The maximum absolute atomic E-state index is 12.9. The van der Waals surface area contributed by atoms with Gasteiger partial charge in [0.2, 0.25) is 0 Å². The lowest BCUT2D eigenvalue weighted by molar-refractivity contribution is -0.145. The molecule has 1 atom stereocenters. The zero-order valence-electron chi connectivity index (χ0n) is 23.1. The number of amides is 1. The fourth-order valence-corrected chi connectivity index (χ4v) is 5.61. The Bertz CT molecular complexity index is 1630. The molecule has 4 aromatic rings. The molecule has 0 radical (unpaired) electrons. The molecule has 4 aromatic carbocycles. The number of hydrogen-bond acceptors (Lipinski definition) is 7. The third-order valence-electron chi connectivity index (χ3n) is 7.07. The molecule has 9 heteroatoms. The average Bonchev–Trinajstić information content (AvgIpc) is 3.30. The highest BCUT2D eigenvalue weighted by Crippen LogP contribution is 2.44. The van der Waals surface area contributed by atoms with Crippen molar-refractivity contribution in [2.24, 2.45) is 0 Å². The lowest BCUT2D eigenvalue weighted by atomic mass is 9.95. The van der Waals surface area contributed by atoms with E-state index < -0.39 is 28.1 Å². The molecule has 216 valence electrons. The Labute approximate surface area is 245 Å². The third-order valence-corrected chi connectivity index (χ3v) is 7.56. The molecule has 0 bridgehead atoms. The van der Waals surface area contributed by atoms with Crippen LogP contribution in [-0.2, 0) is 31.0 Å². The van der Waals surface area contributed by atoms with Crippen LogP contribution in [0.2, 0.25) is 0 Å². The van der Waals surface area contributed by atoms with Crippen LogP contribution in [-0.4, -0.2) is 39.9 Å². The van der Waals surface area contributed by atoms with Gasteiger partial charge in [-0.15, -0.1) is 0 Å². The summed E-state index contributed by atoms with van der Waals surface area (Å²) in [5.74, 6) is -0.972. The van der Waals surface area contributed by atoms with Crippen LogP contribution >= 0.6 is 0 Å². The van der Waals surface area contributed by atoms with Crippen molar-refractivity contribution in [2.45, 2.75) is 24.9 Å². The predicted octanol–water partition coefficient (Wildman–Crippen LogP) is 5.78. The van der Waals surface area contributed by atoms with Gasteiger partial charge in [0.1, 0.15) is 19.0 Å². The van der Waals surface area contributed by atoms with E-state index in [-0.39, 0.29) is 37.8 Å². The van der Waals surface area contributed by atoms with Gasteiger partial charge in [-0.3, -0.25) is 4.79 Å². The second-order valence-corrected chi connectivity index (χ2v) is 11.7. The minimum Gasteiger partial charge on any atom is -0.461 e. The number of ether oxygens (including phenoxy) is 2. The number of alkyl carbamates (subject to hydrolysis) is 1. The van der Waals surface area contributed by atoms with Gasteiger partial charge in [0.15, 0.2) is 0 Å². The molecule has 5 rings (SSSR count). The van der Waals surface area contributed by atoms with Gasteiger partial charge in [-0.05, 0) is 45.5 Å². The van der Waals surface area contributed by atoms with Crippen LogP contribution < -0.4 is 9.50 Å². The lowest BCUT2D eigenvalue weighted by Gasteiger charge is -2.19. The third kappa shape index (κ3) is 7.36. The van der Waals surface area contributed by atoms with Crippen LogP contribution in [0.3, 0.4) is 0 Å². The molecule has 0 saturated heterocycles. The first-order valence-electron chi connectivity index (χ1n) is 13.5. The van der Waals surface area contributed by atoms with E-state index in [9.17, 15) is 18.0 Å². The molecule has 0 saturated carbocycles. The molecule has 1 N–H and O–H groups in total. The summed E-state index contributed by atoms with van der Waals surface area (Å²) in [7, 11) is -3.75. The van der Waals surface area contributed by atoms with E-state index in [4.69, 9.17) is 13.7 Å². The van der Waals surface area contributed by atoms with Crippen LogP contribution in [0.4, 0.5) is 4.79 Å². The maximum atomic E-state index is 12.9. The Balaban J connectivity index is 1.25. The van der Waals surface area contributed by atoms with Gasteiger partial charge < -0.3 is 19.0 Å². The van der Waals surface area contributed by atoms with Crippen molar-refractivity contribution < 1.29 is 31.7 Å². The van der Waals surface area contributed by atoms with E-state index >= 15 is 0 Å². The molecule has 0 spiro atoms. The van der Waals surface area contributed by atoms with Crippen molar-refractivity contribution in [1.29, 1.82) is 0 Å². The quantitative estimate of drug-likeness (QED) is 0.176. The highest BCUT2D eigenvalue weighted by molar-refractivity contribution is 7.86. The Hall–Kier alpha value is -4.63. The molecular formula is C33H31NO7S. The summed E-state index contributed by atoms with van der Waals surface area (Å²) >= 11 is 0. The molecule has 0 aromatic heterocycles. The van der Waals surface area contributed by atoms with Crippen molar-refractivity contribution in [3.63, 3.8) is 0 Å². The predicted molar refractivity (Wildman–Crippen MR) is 159 cm³/mol. The number of hydrogen-bond donors (Lipinski definition) is 1. The van der Waals surface area contributed by atoms with Crippen LogP contribution in [0.1, 0.15) is 40.5 Å². The largest absolute Gasteiger partial charge is 0.461 e. The molecule has 1 unspecified atom stereocenters. The molecule has 0 aliphatic heterocycles. The van der Waals surface area contributed by atoms with Crippen molar-refractivity contribution >= 4 is 22.2 Å². The Morgan fingerprint density at radius 1 is 0.810 bits per heavy atom. The number of carbonyl (C=O) groups excluding carboxylic acids is 2. The highest BCUT2D eigenvalue weighted by Gasteiger charge is 2.29. The first-order chi connectivity index (χ1) is 20.3. The average molecular weight is 586 g/mol. The molecular weight excluding hydrogens is 554 g/mol. The molecule has 1 amide bonds. The number of fused-ring (bicyclic) bond motifs is 3. The summed E-state index contributed by atoms with van der Waals surface area (Å²) in [6, 6.07) is 31.9. The van der Waals surface area contributed by atoms with E-state index in [0.717, 1.165) is 34.1 Å². The van der Waals surface area contributed by atoms with Gasteiger partial charge in [-0.1, -0.05) is 91.0 Å². The second-order valence-electron chi connectivity index (χ2n) is 10.1. The van der Waals surface area contributed by atoms with Crippen LogP contribution in [0.25, 0.3) is 11.1 Å². The van der Waals surface area contributed by atoms with E-state index in [1.165, 1.54) is 12.1 Å². The van der Waals surface area contributed by atoms with Crippen molar-refractivity contribution in [1.82, 2.24) is 5.32 Å². The van der Waals surface area contributed by atoms with Gasteiger partial charge in [0, 0.05) is 18.4 Å². The normalized spacial score (nSPS) is 13.0. The van der Waals surface area contributed by atoms with E-state index in [2.05, 4.69) is 17.4 Å². The first-order valence-corrected chi connectivity index (χ1v) is 15.4. The van der Waals surface area contributed by atoms with Gasteiger partial charge in [0.25, 0.3) is 0 Å². The SMILES string of the molecule is CS(=O)(=O)Oc1cccc(C(CNC(=O)OCC2c3ccccc3-c3ccccc32)CC(=O)OCc2ccccc2)c1. The van der Waals surface area contributed by atoms with Crippen LogP contribution in [0, 0.1) is 0 Å². The molecule has 0 heterocycles. The summed E-state index contributed by atoms with van der Waals surface area (Å²) in [4.78, 5) is 25.7.